The number of aryl methyl sites for hydroxylation is 1. The van der Waals surface area contributed by atoms with Gasteiger partial charge >= 0.3 is 5.97 Å². The van der Waals surface area contributed by atoms with Crippen LogP contribution in [0.2, 0.25) is 0 Å². The Morgan fingerprint density at radius 3 is 3.05 bits per heavy atom. The molecule has 0 unspecified atom stereocenters. The summed E-state index contributed by atoms with van der Waals surface area (Å²) in [5.74, 6) is -0.773. The van der Waals surface area contributed by atoms with Crippen LogP contribution in [0.1, 0.15) is 31.9 Å². The number of carbonyl (C=O) groups is 1. The molecule has 6 heteroatoms. The Morgan fingerprint density at radius 1 is 1.63 bits per heavy atom. The van der Waals surface area contributed by atoms with Crippen LogP contribution in [0.25, 0.3) is 0 Å². The number of nitrogens with zero attached hydrogens (tertiary/aromatic N) is 2. The summed E-state index contributed by atoms with van der Waals surface area (Å²) in [5, 5.41) is 14.8. The standard InChI is InChI=1S/C13H21N3O2S/c1-2-16(11-4-5-11)8-7-14-13-15-10(9-19-13)3-6-12(17)18/h9,11H,2-8H2,1H3,(H,14,15)(H,17,18). The van der Waals surface area contributed by atoms with Crippen LogP contribution in [0.3, 0.4) is 0 Å². The van der Waals surface area contributed by atoms with E-state index in [1.54, 1.807) is 11.3 Å². The molecule has 0 aliphatic heterocycles. The molecule has 1 aromatic rings. The zero-order chi connectivity index (χ0) is 13.7. The first kappa shape index (κ1) is 14.3. The van der Waals surface area contributed by atoms with Gasteiger partial charge in [-0.15, -0.1) is 11.3 Å². The molecule has 0 atom stereocenters. The highest BCUT2D eigenvalue weighted by atomic mass is 32.1. The predicted octanol–water partition coefficient (Wildman–Crippen LogP) is 2.06. The molecule has 0 saturated heterocycles. The molecular weight excluding hydrogens is 262 g/mol. The minimum absolute atomic E-state index is 0.147. The van der Waals surface area contributed by atoms with Gasteiger partial charge in [0.1, 0.15) is 0 Å². The molecule has 0 amide bonds. The Hall–Kier alpha value is -1.14. The van der Waals surface area contributed by atoms with Gasteiger partial charge < -0.3 is 10.4 Å². The van der Waals surface area contributed by atoms with Crippen LogP contribution < -0.4 is 5.32 Å². The molecule has 1 aromatic heterocycles. The number of aromatic nitrogens is 1. The van der Waals surface area contributed by atoms with Gasteiger partial charge in [-0.05, 0) is 19.4 Å². The third kappa shape index (κ3) is 4.80. The second kappa shape index (κ2) is 6.86. The highest BCUT2D eigenvalue weighted by molar-refractivity contribution is 7.13. The molecule has 1 heterocycles. The summed E-state index contributed by atoms with van der Waals surface area (Å²) in [7, 11) is 0. The molecule has 1 aliphatic carbocycles. The van der Waals surface area contributed by atoms with E-state index in [1.165, 1.54) is 12.8 Å². The summed E-state index contributed by atoms with van der Waals surface area (Å²) >= 11 is 1.55. The zero-order valence-electron chi connectivity index (χ0n) is 11.3. The third-order valence-corrected chi connectivity index (χ3v) is 4.14. The van der Waals surface area contributed by atoms with Crippen molar-refractivity contribution in [3.63, 3.8) is 0 Å². The fourth-order valence-corrected chi connectivity index (χ4v) is 2.86. The van der Waals surface area contributed by atoms with E-state index in [-0.39, 0.29) is 6.42 Å². The van der Waals surface area contributed by atoms with Gasteiger partial charge in [-0.1, -0.05) is 6.92 Å². The van der Waals surface area contributed by atoms with Crippen LogP contribution in [-0.4, -0.2) is 46.6 Å². The van der Waals surface area contributed by atoms with E-state index in [2.05, 4.69) is 22.1 Å². The zero-order valence-corrected chi connectivity index (χ0v) is 12.1. The van der Waals surface area contributed by atoms with E-state index in [0.29, 0.717) is 6.42 Å². The van der Waals surface area contributed by atoms with Gasteiger partial charge in [0.15, 0.2) is 5.13 Å². The second-order valence-electron chi connectivity index (χ2n) is 4.82. The van der Waals surface area contributed by atoms with Crippen molar-refractivity contribution in [1.82, 2.24) is 9.88 Å². The van der Waals surface area contributed by atoms with E-state index < -0.39 is 5.97 Å². The van der Waals surface area contributed by atoms with Gasteiger partial charge in [0.25, 0.3) is 0 Å². The Bertz CT molecular complexity index is 418. The van der Waals surface area contributed by atoms with E-state index in [1.807, 2.05) is 5.38 Å². The Labute approximate surface area is 117 Å². The maximum absolute atomic E-state index is 10.5. The summed E-state index contributed by atoms with van der Waals surface area (Å²) in [6.45, 7) is 5.25. The molecule has 0 aromatic carbocycles. The number of hydrogen-bond acceptors (Lipinski definition) is 5. The van der Waals surface area contributed by atoms with Crippen LogP contribution in [0.5, 0.6) is 0 Å². The van der Waals surface area contributed by atoms with Gasteiger partial charge in [0.2, 0.25) is 0 Å². The van der Waals surface area contributed by atoms with Gasteiger partial charge in [0, 0.05) is 30.9 Å². The molecule has 1 fully saturated rings. The second-order valence-corrected chi connectivity index (χ2v) is 5.68. The largest absolute Gasteiger partial charge is 0.481 e. The van der Waals surface area contributed by atoms with Crippen molar-refractivity contribution in [1.29, 1.82) is 0 Å². The molecule has 106 valence electrons. The smallest absolute Gasteiger partial charge is 0.303 e. The highest BCUT2D eigenvalue weighted by Crippen LogP contribution is 2.26. The Balaban J connectivity index is 1.69. The molecule has 0 radical (unpaired) electrons. The van der Waals surface area contributed by atoms with Gasteiger partial charge in [0.05, 0.1) is 12.1 Å². The first-order chi connectivity index (χ1) is 9.19. The van der Waals surface area contributed by atoms with Gasteiger partial charge in [-0.2, -0.15) is 0 Å². The van der Waals surface area contributed by atoms with Crippen molar-refractivity contribution < 1.29 is 9.90 Å². The molecular formula is C13H21N3O2S. The minimum atomic E-state index is -0.773. The fourth-order valence-electron chi connectivity index (χ4n) is 2.08. The number of hydrogen-bond donors (Lipinski definition) is 2. The number of carboxylic acids is 1. The number of anilines is 1. The number of rotatable bonds is 9. The summed E-state index contributed by atoms with van der Waals surface area (Å²) in [6, 6.07) is 0.800. The summed E-state index contributed by atoms with van der Waals surface area (Å²) < 4.78 is 0. The van der Waals surface area contributed by atoms with Crippen molar-refractivity contribution in [3.05, 3.63) is 11.1 Å². The monoisotopic (exact) mass is 283 g/mol. The summed E-state index contributed by atoms with van der Waals surface area (Å²) in [5.41, 5.74) is 0.865. The predicted molar refractivity (Wildman–Crippen MR) is 76.8 cm³/mol. The lowest BCUT2D eigenvalue weighted by Gasteiger charge is -2.19. The van der Waals surface area contributed by atoms with Crippen molar-refractivity contribution in [2.45, 2.75) is 38.6 Å². The average molecular weight is 283 g/mol. The van der Waals surface area contributed by atoms with Crippen molar-refractivity contribution >= 4 is 22.4 Å². The lowest BCUT2D eigenvalue weighted by molar-refractivity contribution is -0.136. The number of aliphatic carboxylic acids is 1. The Kier molecular flexibility index (Phi) is 5.15. The molecule has 1 aliphatic rings. The highest BCUT2D eigenvalue weighted by Gasteiger charge is 2.27. The minimum Gasteiger partial charge on any atom is -0.481 e. The van der Waals surface area contributed by atoms with Crippen molar-refractivity contribution in [3.8, 4) is 0 Å². The van der Waals surface area contributed by atoms with Crippen LogP contribution in [0, 0.1) is 0 Å². The van der Waals surface area contributed by atoms with E-state index in [0.717, 1.165) is 36.5 Å². The van der Waals surface area contributed by atoms with Crippen LogP contribution in [0.4, 0.5) is 5.13 Å². The molecule has 19 heavy (non-hydrogen) atoms. The molecule has 0 bridgehead atoms. The lowest BCUT2D eigenvalue weighted by atomic mass is 10.2. The first-order valence-electron chi connectivity index (χ1n) is 6.83. The average Bonchev–Trinajstić information content (AvgIpc) is 3.12. The van der Waals surface area contributed by atoms with Crippen LogP contribution in [0.15, 0.2) is 5.38 Å². The molecule has 2 rings (SSSR count). The van der Waals surface area contributed by atoms with Crippen LogP contribution in [-0.2, 0) is 11.2 Å². The first-order valence-corrected chi connectivity index (χ1v) is 7.71. The summed E-state index contributed by atoms with van der Waals surface area (Å²) in [6.07, 6.45) is 3.33. The molecule has 1 saturated carbocycles. The normalized spacial score (nSPS) is 14.8. The van der Waals surface area contributed by atoms with Gasteiger partial charge in [-0.25, -0.2) is 4.98 Å². The van der Waals surface area contributed by atoms with E-state index in [9.17, 15) is 4.79 Å². The molecule has 0 spiro atoms. The summed E-state index contributed by atoms with van der Waals surface area (Å²) in [4.78, 5) is 17.4. The number of thiazole rings is 1. The molecule has 5 nitrogen and oxygen atoms in total. The van der Waals surface area contributed by atoms with Gasteiger partial charge in [-0.3, -0.25) is 9.69 Å². The van der Waals surface area contributed by atoms with Crippen LogP contribution >= 0.6 is 11.3 Å². The van der Waals surface area contributed by atoms with Crippen molar-refractivity contribution in [2.75, 3.05) is 25.0 Å². The number of carboxylic acid groups (broad SMARTS) is 1. The number of nitrogens with one attached hydrogen (secondary N) is 1. The third-order valence-electron chi connectivity index (χ3n) is 3.29. The SMILES string of the molecule is CCN(CCNc1nc(CCC(=O)O)cs1)C1CC1. The topological polar surface area (TPSA) is 65.5 Å². The molecule has 2 N–H and O–H groups in total. The fraction of sp³-hybridized carbons (Fsp3) is 0.692. The maximum atomic E-state index is 10.5. The Morgan fingerprint density at radius 2 is 2.42 bits per heavy atom. The van der Waals surface area contributed by atoms with E-state index >= 15 is 0 Å². The van der Waals surface area contributed by atoms with E-state index in [4.69, 9.17) is 5.11 Å². The van der Waals surface area contributed by atoms with Crippen molar-refractivity contribution in [2.24, 2.45) is 0 Å². The quantitative estimate of drug-likeness (QED) is 0.726. The number of likely N-dealkylation sites (N-methyl/N-ethyl adjacent to an activating group) is 1. The maximum Gasteiger partial charge on any atom is 0.303 e. The lowest BCUT2D eigenvalue weighted by Crippen LogP contribution is -2.30.